The topological polar surface area (TPSA) is 105 Å². The quantitative estimate of drug-likeness (QED) is 0.678. The van der Waals surface area contributed by atoms with Crippen molar-refractivity contribution in [1.29, 1.82) is 0 Å². The molecule has 1 aliphatic heterocycles. The molecule has 0 unspecified atom stereocenters. The molecular weight excluding hydrogens is 322 g/mol. The highest BCUT2D eigenvalue weighted by molar-refractivity contribution is 6.08. The molecule has 1 amide bonds. The first-order valence-corrected chi connectivity index (χ1v) is 8.24. The van der Waals surface area contributed by atoms with Crippen LogP contribution in [0.25, 0.3) is 10.9 Å². The molecule has 3 heterocycles. The summed E-state index contributed by atoms with van der Waals surface area (Å²) in [5.74, 6) is 0.318. The first kappa shape index (κ1) is 15.6. The van der Waals surface area contributed by atoms with E-state index in [4.69, 9.17) is 4.74 Å². The fourth-order valence-corrected chi connectivity index (χ4v) is 3.22. The molecule has 2 aromatic heterocycles. The summed E-state index contributed by atoms with van der Waals surface area (Å²) in [4.78, 5) is 12.6. The molecule has 0 bridgehead atoms. The van der Waals surface area contributed by atoms with Gasteiger partial charge in [0.2, 0.25) is 0 Å². The van der Waals surface area contributed by atoms with Gasteiger partial charge in [0, 0.05) is 30.4 Å². The Labute approximate surface area is 143 Å². The average Bonchev–Trinajstić information content (AvgIpc) is 3.19. The number of anilines is 1. The molecule has 0 atom stereocenters. The summed E-state index contributed by atoms with van der Waals surface area (Å²) < 4.78 is 7.30. The van der Waals surface area contributed by atoms with Gasteiger partial charge in [0.15, 0.2) is 5.82 Å². The number of aromatic nitrogens is 4. The summed E-state index contributed by atoms with van der Waals surface area (Å²) in [6, 6.07) is 5.10. The lowest BCUT2D eigenvalue weighted by Crippen LogP contribution is -2.22. The van der Waals surface area contributed by atoms with Crippen molar-refractivity contribution >= 4 is 22.6 Å². The van der Waals surface area contributed by atoms with Crippen LogP contribution in [0.5, 0.6) is 5.75 Å². The van der Waals surface area contributed by atoms with Crippen molar-refractivity contribution in [3.8, 4) is 5.75 Å². The van der Waals surface area contributed by atoms with Gasteiger partial charge in [-0.1, -0.05) is 0 Å². The number of aromatic amines is 1. The van der Waals surface area contributed by atoms with E-state index in [0.717, 1.165) is 37.1 Å². The molecule has 1 saturated heterocycles. The Balaban J connectivity index is 1.57. The Morgan fingerprint density at radius 1 is 1.40 bits per heavy atom. The predicted octanol–water partition coefficient (Wildman–Crippen LogP) is 2.38. The van der Waals surface area contributed by atoms with Crippen LogP contribution in [0.2, 0.25) is 0 Å². The summed E-state index contributed by atoms with van der Waals surface area (Å²) in [5, 5.41) is 24.4. The minimum Gasteiger partial charge on any atom is -0.508 e. The number of H-pyrrole nitrogens is 1. The van der Waals surface area contributed by atoms with E-state index in [0.29, 0.717) is 16.9 Å². The standard InChI is InChI=1S/C17H19N5O3/c1-10-14(9-18-22(10)11-4-6-25-7-5-11)17(24)19-16-13-3-2-12(23)8-15(13)20-21-16/h2-3,8-9,11,23H,4-7H2,1H3,(H2,19,20,21,24). The number of amides is 1. The molecule has 8 nitrogen and oxygen atoms in total. The van der Waals surface area contributed by atoms with Crippen LogP contribution in [-0.4, -0.2) is 44.2 Å². The lowest BCUT2D eigenvalue weighted by molar-refractivity contribution is 0.0656. The third kappa shape index (κ3) is 2.85. The van der Waals surface area contributed by atoms with E-state index in [1.54, 1.807) is 24.4 Å². The highest BCUT2D eigenvalue weighted by Crippen LogP contribution is 2.26. The second-order valence-electron chi connectivity index (χ2n) is 6.19. The zero-order chi connectivity index (χ0) is 17.4. The second-order valence-corrected chi connectivity index (χ2v) is 6.19. The van der Waals surface area contributed by atoms with Gasteiger partial charge >= 0.3 is 0 Å². The summed E-state index contributed by atoms with van der Waals surface area (Å²) in [6.07, 6.45) is 3.40. The maximum Gasteiger partial charge on any atom is 0.260 e. The second kappa shape index (κ2) is 6.21. The Bertz CT molecular complexity index is 924. The molecule has 25 heavy (non-hydrogen) atoms. The molecule has 8 heteroatoms. The number of rotatable bonds is 3. The number of nitrogens with one attached hydrogen (secondary N) is 2. The van der Waals surface area contributed by atoms with E-state index in [-0.39, 0.29) is 17.7 Å². The summed E-state index contributed by atoms with van der Waals surface area (Å²) in [6.45, 7) is 3.34. The van der Waals surface area contributed by atoms with Crippen molar-refractivity contribution in [2.75, 3.05) is 18.5 Å². The summed E-state index contributed by atoms with van der Waals surface area (Å²) in [5.41, 5.74) is 2.02. The van der Waals surface area contributed by atoms with Gasteiger partial charge in [0.25, 0.3) is 5.91 Å². The van der Waals surface area contributed by atoms with Gasteiger partial charge in [-0.15, -0.1) is 0 Å². The number of fused-ring (bicyclic) bond motifs is 1. The van der Waals surface area contributed by atoms with E-state index in [2.05, 4.69) is 20.6 Å². The van der Waals surface area contributed by atoms with Crippen molar-refractivity contribution in [1.82, 2.24) is 20.0 Å². The van der Waals surface area contributed by atoms with Crippen LogP contribution >= 0.6 is 0 Å². The van der Waals surface area contributed by atoms with Gasteiger partial charge in [0.1, 0.15) is 5.75 Å². The third-order valence-corrected chi connectivity index (χ3v) is 4.60. The molecule has 1 fully saturated rings. The molecule has 1 aliphatic rings. The molecule has 0 radical (unpaired) electrons. The van der Waals surface area contributed by atoms with E-state index < -0.39 is 0 Å². The van der Waals surface area contributed by atoms with Gasteiger partial charge in [0.05, 0.1) is 23.3 Å². The number of phenolic OH excluding ortho intramolecular Hbond substituents is 1. The van der Waals surface area contributed by atoms with E-state index >= 15 is 0 Å². The van der Waals surface area contributed by atoms with Crippen LogP contribution in [0.3, 0.4) is 0 Å². The predicted molar refractivity (Wildman–Crippen MR) is 91.8 cm³/mol. The smallest absolute Gasteiger partial charge is 0.260 e. The molecule has 0 saturated carbocycles. The molecule has 130 valence electrons. The fraction of sp³-hybridized carbons (Fsp3) is 0.353. The molecule has 3 N–H and O–H groups in total. The van der Waals surface area contributed by atoms with E-state index in [1.165, 1.54) is 0 Å². The molecule has 1 aromatic carbocycles. The van der Waals surface area contributed by atoms with Crippen molar-refractivity contribution in [3.63, 3.8) is 0 Å². The van der Waals surface area contributed by atoms with Crippen LogP contribution in [-0.2, 0) is 4.74 Å². The molecule has 0 spiro atoms. The first-order valence-electron chi connectivity index (χ1n) is 8.24. The lowest BCUT2D eigenvalue weighted by Gasteiger charge is -2.23. The minimum atomic E-state index is -0.253. The maximum absolute atomic E-state index is 12.6. The van der Waals surface area contributed by atoms with Crippen LogP contribution < -0.4 is 5.32 Å². The summed E-state index contributed by atoms with van der Waals surface area (Å²) >= 11 is 0. The number of carbonyl (C=O) groups excluding carboxylic acids is 1. The molecular formula is C17H19N5O3. The number of aromatic hydroxyl groups is 1. The number of ether oxygens (including phenoxy) is 1. The van der Waals surface area contributed by atoms with Crippen LogP contribution in [0.15, 0.2) is 24.4 Å². The normalized spacial score (nSPS) is 15.6. The SMILES string of the molecule is Cc1c(C(=O)Nc2n[nH]c3cc(O)ccc23)cnn1C1CCOCC1. The largest absolute Gasteiger partial charge is 0.508 e. The van der Waals surface area contributed by atoms with Gasteiger partial charge in [-0.05, 0) is 31.9 Å². The number of nitrogens with zero attached hydrogens (tertiary/aromatic N) is 3. The van der Waals surface area contributed by atoms with Crippen molar-refractivity contribution in [2.45, 2.75) is 25.8 Å². The van der Waals surface area contributed by atoms with Crippen molar-refractivity contribution in [2.24, 2.45) is 0 Å². The van der Waals surface area contributed by atoms with Crippen LogP contribution in [0, 0.1) is 6.92 Å². The van der Waals surface area contributed by atoms with Crippen molar-refractivity contribution < 1.29 is 14.6 Å². The Morgan fingerprint density at radius 3 is 3.00 bits per heavy atom. The van der Waals surface area contributed by atoms with Gasteiger partial charge < -0.3 is 15.2 Å². The highest BCUT2D eigenvalue weighted by atomic mass is 16.5. The number of hydrogen-bond donors (Lipinski definition) is 3. The van der Waals surface area contributed by atoms with Crippen LogP contribution in [0.4, 0.5) is 5.82 Å². The zero-order valence-corrected chi connectivity index (χ0v) is 13.8. The number of carbonyl (C=O) groups is 1. The number of benzene rings is 1. The van der Waals surface area contributed by atoms with Gasteiger partial charge in [-0.25, -0.2) is 0 Å². The average molecular weight is 341 g/mol. The Morgan fingerprint density at radius 2 is 2.20 bits per heavy atom. The van der Waals surface area contributed by atoms with Crippen LogP contribution in [0.1, 0.15) is 34.9 Å². The summed E-state index contributed by atoms with van der Waals surface area (Å²) in [7, 11) is 0. The molecule has 0 aliphatic carbocycles. The van der Waals surface area contributed by atoms with E-state index in [9.17, 15) is 9.90 Å². The van der Waals surface area contributed by atoms with Gasteiger partial charge in [-0.2, -0.15) is 10.2 Å². The third-order valence-electron chi connectivity index (χ3n) is 4.60. The molecule has 3 aromatic rings. The molecule has 4 rings (SSSR count). The maximum atomic E-state index is 12.6. The number of phenols is 1. The first-order chi connectivity index (χ1) is 12.1. The Hall–Kier alpha value is -2.87. The monoisotopic (exact) mass is 341 g/mol. The lowest BCUT2D eigenvalue weighted by atomic mass is 10.1. The highest BCUT2D eigenvalue weighted by Gasteiger charge is 2.22. The Kier molecular flexibility index (Phi) is 3.89. The minimum absolute atomic E-state index is 0.141. The van der Waals surface area contributed by atoms with E-state index in [1.807, 2.05) is 11.6 Å². The van der Waals surface area contributed by atoms with Gasteiger partial charge in [-0.3, -0.25) is 14.6 Å². The van der Waals surface area contributed by atoms with Crippen molar-refractivity contribution in [3.05, 3.63) is 35.7 Å². The fourth-order valence-electron chi connectivity index (χ4n) is 3.22. The number of hydrogen-bond acceptors (Lipinski definition) is 5. The zero-order valence-electron chi connectivity index (χ0n) is 13.8.